The van der Waals surface area contributed by atoms with Gasteiger partial charge in [-0.3, -0.25) is 0 Å². The molecule has 1 aliphatic rings. The van der Waals surface area contributed by atoms with Gasteiger partial charge in [-0.1, -0.05) is 11.6 Å². The second kappa shape index (κ2) is 5.00. The molecule has 18 heavy (non-hydrogen) atoms. The number of anilines is 1. The fourth-order valence-electron chi connectivity index (χ4n) is 1.61. The van der Waals surface area contributed by atoms with Crippen LogP contribution in [-0.2, 0) is 10.0 Å². The van der Waals surface area contributed by atoms with Gasteiger partial charge in [0.15, 0.2) is 5.82 Å². The van der Waals surface area contributed by atoms with Crippen molar-refractivity contribution in [2.75, 3.05) is 19.0 Å². The molecule has 1 heterocycles. The lowest BCUT2D eigenvalue weighted by Crippen LogP contribution is -2.29. The first-order valence-electron chi connectivity index (χ1n) is 5.53. The van der Waals surface area contributed by atoms with Crippen molar-refractivity contribution in [3.63, 3.8) is 0 Å². The number of halogens is 1. The molecule has 0 saturated heterocycles. The maximum Gasteiger partial charge on any atom is 0.244 e. The van der Waals surface area contributed by atoms with Gasteiger partial charge in [-0.15, -0.1) is 0 Å². The second-order valence-electron chi connectivity index (χ2n) is 4.37. The van der Waals surface area contributed by atoms with Gasteiger partial charge in [0.2, 0.25) is 10.0 Å². The van der Waals surface area contributed by atoms with E-state index in [4.69, 9.17) is 17.4 Å². The first-order valence-corrected chi connectivity index (χ1v) is 7.35. The van der Waals surface area contributed by atoms with Crippen LogP contribution in [0.15, 0.2) is 17.2 Å². The van der Waals surface area contributed by atoms with Crippen molar-refractivity contribution in [3.05, 3.63) is 17.3 Å². The molecule has 0 radical (unpaired) electrons. The number of hydrogen-bond acceptors (Lipinski definition) is 5. The Bertz CT molecular complexity index is 545. The second-order valence-corrected chi connectivity index (χ2v) is 6.83. The molecular weight excluding hydrogens is 276 g/mol. The van der Waals surface area contributed by atoms with Crippen molar-refractivity contribution in [1.82, 2.24) is 9.29 Å². The fraction of sp³-hybridized carbons (Fsp3) is 0.500. The highest BCUT2D eigenvalue weighted by molar-refractivity contribution is 7.89. The van der Waals surface area contributed by atoms with Crippen LogP contribution in [0.1, 0.15) is 12.8 Å². The van der Waals surface area contributed by atoms with Crippen LogP contribution in [0.25, 0.3) is 0 Å². The fourth-order valence-corrected chi connectivity index (χ4v) is 3.11. The molecule has 0 aromatic carbocycles. The highest BCUT2D eigenvalue weighted by Crippen LogP contribution is 2.31. The van der Waals surface area contributed by atoms with Gasteiger partial charge in [0, 0.05) is 19.8 Å². The summed E-state index contributed by atoms with van der Waals surface area (Å²) in [5.74, 6) is 5.92. The summed E-state index contributed by atoms with van der Waals surface area (Å²) in [6.45, 7) is 0.539. The largest absolute Gasteiger partial charge is 0.307 e. The molecule has 1 aliphatic carbocycles. The number of rotatable bonds is 5. The van der Waals surface area contributed by atoms with Gasteiger partial charge in [0.25, 0.3) is 0 Å². The number of pyridine rings is 1. The van der Waals surface area contributed by atoms with Gasteiger partial charge in [0.1, 0.15) is 4.90 Å². The van der Waals surface area contributed by atoms with Gasteiger partial charge in [-0.25, -0.2) is 23.5 Å². The minimum Gasteiger partial charge on any atom is -0.307 e. The van der Waals surface area contributed by atoms with Crippen molar-refractivity contribution >= 4 is 27.4 Å². The molecule has 0 atom stereocenters. The number of sulfonamides is 1. The van der Waals surface area contributed by atoms with E-state index in [1.54, 1.807) is 7.05 Å². The third-order valence-corrected chi connectivity index (χ3v) is 4.95. The molecule has 0 bridgehead atoms. The number of nitrogens with two attached hydrogens (primary N) is 1. The molecule has 1 aromatic rings. The highest BCUT2D eigenvalue weighted by Gasteiger charge is 2.29. The molecule has 1 fully saturated rings. The summed E-state index contributed by atoms with van der Waals surface area (Å²) in [4.78, 5) is 3.94. The van der Waals surface area contributed by atoms with E-state index >= 15 is 0 Å². The molecule has 8 heteroatoms. The summed E-state index contributed by atoms with van der Waals surface area (Å²) >= 11 is 5.87. The molecule has 3 N–H and O–H groups in total. The lowest BCUT2D eigenvalue weighted by Gasteiger charge is -2.17. The van der Waals surface area contributed by atoms with Gasteiger partial charge in [0.05, 0.1) is 5.02 Å². The van der Waals surface area contributed by atoms with E-state index in [9.17, 15) is 8.42 Å². The zero-order chi connectivity index (χ0) is 13.3. The van der Waals surface area contributed by atoms with Gasteiger partial charge >= 0.3 is 0 Å². The summed E-state index contributed by atoms with van der Waals surface area (Å²) in [6.07, 6.45) is 3.43. The summed E-state index contributed by atoms with van der Waals surface area (Å²) < 4.78 is 25.8. The minimum atomic E-state index is -3.52. The monoisotopic (exact) mass is 290 g/mol. The Kier molecular flexibility index (Phi) is 3.76. The summed E-state index contributed by atoms with van der Waals surface area (Å²) in [7, 11) is -1.96. The van der Waals surface area contributed by atoms with Crippen LogP contribution in [-0.4, -0.2) is 31.3 Å². The Balaban J connectivity index is 2.25. The number of hydrogen-bond donors (Lipinski definition) is 2. The molecule has 100 valence electrons. The molecule has 0 unspecified atom stereocenters. The van der Waals surface area contributed by atoms with E-state index in [0.717, 1.165) is 12.8 Å². The molecule has 2 rings (SSSR count). The van der Waals surface area contributed by atoms with Crippen LogP contribution < -0.4 is 11.3 Å². The Morgan fingerprint density at radius 2 is 2.28 bits per heavy atom. The van der Waals surface area contributed by atoms with E-state index < -0.39 is 10.0 Å². The van der Waals surface area contributed by atoms with Crippen LogP contribution in [0.2, 0.25) is 5.02 Å². The Morgan fingerprint density at radius 3 is 2.78 bits per heavy atom. The normalized spacial score (nSPS) is 16.0. The standard InChI is InChI=1S/C10H15ClN4O2S/c1-15(6-7-2-3-7)18(16,17)8-4-9(11)10(14-12)13-5-8/h4-5,7H,2-3,6,12H2,1H3,(H,13,14). The first-order chi connectivity index (χ1) is 8.45. The smallest absolute Gasteiger partial charge is 0.244 e. The van der Waals surface area contributed by atoms with Crippen molar-refractivity contribution < 1.29 is 8.42 Å². The van der Waals surface area contributed by atoms with E-state index in [-0.39, 0.29) is 15.7 Å². The maximum atomic E-state index is 12.2. The van der Waals surface area contributed by atoms with Crippen molar-refractivity contribution in [2.24, 2.45) is 11.8 Å². The number of hydrazine groups is 1. The average molecular weight is 291 g/mol. The van der Waals surface area contributed by atoms with Crippen molar-refractivity contribution in [2.45, 2.75) is 17.7 Å². The van der Waals surface area contributed by atoms with Crippen LogP contribution >= 0.6 is 11.6 Å². The summed E-state index contributed by atoms with van der Waals surface area (Å²) in [6, 6.07) is 1.35. The number of nitrogens with one attached hydrogen (secondary N) is 1. The van der Waals surface area contributed by atoms with Crippen molar-refractivity contribution in [1.29, 1.82) is 0 Å². The molecule has 0 amide bonds. The van der Waals surface area contributed by atoms with Crippen LogP contribution in [0.3, 0.4) is 0 Å². The minimum absolute atomic E-state index is 0.0784. The van der Waals surface area contributed by atoms with Gasteiger partial charge in [-0.2, -0.15) is 0 Å². The average Bonchev–Trinajstić information content (AvgIpc) is 3.12. The maximum absolute atomic E-state index is 12.2. The molecule has 1 aromatic heterocycles. The van der Waals surface area contributed by atoms with Crippen molar-refractivity contribution in [3.8, 4) is 0 Å². The van der Waals surface area contributed by atoms with E-state index in [0.29, 0.717) is 12.5 Å². The van der Waals surface area contributed by atoms with Crippen LogP contribution in [0, 0.1) is 5.92 Å². The number of aromatic nitrogens is 1. The Labute approximate surface area is 111 Å². The topological polar surface area (TPSA) is 88.3 Å². The zero-order valence-corrected chi connectivity index (χ0v) is 11.5. The molecular formula is C10H15ClN4O2S. The predicted octanol–water partition coefficient (Wildman–Crippen LogP) is 1.05. The molecule has 6 nitrogen and oxygen atoms in total. The lowest BCUT2D eigenvalue weighted by molar-refractivity contribution is 0.452. The molecule has 1 saturated carbocycles. The quantitative estimate of drug-likeness (QED) is 0.625. The van der Waals surface area contributed by atoms with Crippen LogP contribution in [0.4, 0.5) is 5.82 Å². The lowest BCUT2D eigenvalue weighted by atomic mass is 10.4. The third kappa shape index (κ3) is 2.74. The summed E-state index contributed by atoms with van der Waals surface area (Å²) in [5.41, 5.74) is 2.29. The number of nitrogen functional groups attached to an aromatic ring is 1. The van der Waals surface area contributed by atoms with Crippen LogP contribution in [0.5, 0.6) is 0 Å². The predicted molar refractivity (Wildman–Crippen MR) is 69.6 cm³/mol. The van der Waals surface area contributed by atoms with Gasteiger partial charge < -0.3 is 5.43 Å². The number of nitrogens with zero attached hydrogens (tertiary/aromatic N) is 2. The van der Waals surface area contributed by atoms with E-state index in [1.165, 1.54) is 16.6 Å². The Morgan fingerprint density at radius 1 is 1.61 bits per heavy atom. The van der Waals surface area contributed by atoms with Gasteiger partial charge in [-0.05, 0) is 24.8 Å². The molecule has 0 spiro atoms. The summed E-state index contributed by atoms with van der Waals surface area (Å²) in [5, 5.41) is 0.179. The Hall–Kier alpha value is -0.890. The van der Waals surface area contributed by atoms with E-state index in [2.05, 4.69) is 10.4 Å². The zero-order valence-electron chi connectivity index (χ0n) is 9.93. The first kappa shape index (κ1) is 13.5. The highest BCUT2D eigenvalue weighted by atomic mass is 35.5. The third-order valence-electron chi connectivity index (χ3n) is 2.87. The molecule has 0 aliphatic heterocycles. The SMILES string of the molecule is CN(CC1CC1)S(=O)(=O)c1cnc(NN)c(Cl)c1. The van der Waals surface area contributed by atoms with E-state index in [1.807, 2.05) is 0 Å².